The third-order valence-electron chi connectivity index (χ3n) is 5.53. The summed E-state index contributed by atoms with van der Waals surface area (Å²) in [5.41, 5.74) is 2.51. The molecule has 0 bridgehead atoms. The lowest BCUT2D eigenvalue weighted by Gasteiger charge is -2.21. The van der Waals surface area contributed by atoms with Gasteiger partial charge in [-0.05, 0) is 38.0 Å². The maximum atomic E-state index is 12.5. The van der Waals surface area contributed by atoms with Crippen molar-refractivity contribution in [3.05, 3.63) is 51.8 Å². The minimum Gasteiger partial charge on any atom is -0.441 e. The summed E-state index contributed by atoms with van der Waals surface area (Å²) < 4.78 is 11.2. The number of rotatable bonds is 7. The van der Waals surface area contributed by atoms with E-state index in [1.54, 1.807) is 5.38 Å². The van der Waals surface area contributed by atoms with Gasteiger partial charge in [-0.15, -0.1) is 11.3 Å². The Labute approximate surface area is 196 Å². The third-order valence-corrected chi connectivity index (χ3v) is 6.67. The lowest BCUT2D eigenvalue weighted by atomic mass is 9.99. The molecule has 2 N–H and O–H groups in total. The van der Waals surface area contributed by atoms with E-state index in [2.05, 4.69) is 20.6 Å². The average Bonchev–Trinajstić information content (AvgIpc) is 3.46. The van der Waals surface area contributed by atoms with E-state index in [1.807, 2.05) is 45.0 Å². The fraction of sp³-hybridized carbons (Fsp3) is 0.417. The predicted octanol–water partition coefficient (Wildman–Crippen LogP) is 4.53. The van der Waals surface area contributed by atoms with Crippen molar-refractivity contribution in [3.63, 3.8) is 0 Å². The highest BCUT2D eigenvalue weighted by atomic mass is 32.1. The van der Waals surface area contributed by atoms with E-state index in [1.165, 1.54) is 11.3 Å². The van der Waals surface area contributed by atoms with Gasteiger partial charge in [0.15, 0.2) is 0 Å². The lowest BCUT2D eigenvalue weighted by Crippen LogP contribution is -2.28. The number of carbonyl (C=O) groups excluding carboxylic acids is 2. The maximum Gasteiger partial charge on any atom is 0.271 e. The van der Waals surface area contributed by atoms with E-state index in [0.717, 1.165) is 23.4 Å². The van der Waals surface area contributed by atoms with Crippen molar-refractivity contribution in [2.24, 2.45) is 5.92 Å². The second-order valence-electron chi connectivity index (χ2n) is 8.39. The number of hydrogen-bond donors (Lipinski definition) is 2. The van der Waals surface area contributed by atoms with Gasteiger partial charge in [0, 0.05) is 41.7 Å². The Hall–Kier alpha value is -3.04. The summed E-state index contributed by atoms with van der Waals surface area (Å²) in [5.74, 6) is 1.09. The zero-order chi connectivity index (χ0) is 23.4. The number of ether oxygens (including phenoxy) is 1. The first kappa shape index (κ1) is 23.1. The molecule has 1 aliphatic rings. The van der Waals surface area contributed by atoms with Crippen molar-refractivity contribution in [1.82, 2.24) is 15.3 Å². The smallest absolute Gasteiger partial charge is 0.271 e. The fourth-order valence-electron chi connectivity index (χ4n) is 3.56. The van der Waals surface area contributed by atoms with Crippen molar-refractivity contribution in [2.45, 2.75) is 46.1 Å². The number of nitrogens with zero attached hydrogens (tertiary/aromatic N) is 2. The van der Waals surface area contributed by atoms with E-state index in [-0.39, 0.29) is 30.2 Å². The van der Waals surface area contributed by atoms with Crippen LogP contribution in [-0.2, 0) is 16.1 Å². The quantitative estimate of drug-likeness (QED) is 0.528. The number of anilines is 1. The molecule has 33 heavy (non-hydrogen) atoms. The van der Waals surface area contributed by atoms with Crippen LogP contribution in [0.15, 0.2) is 34.1 Å². The maximum absolute atomic E-state index is 12.5. The van der Waals surface area contributed by atoms with E-state index >= 15 is 0 Å². The summed E-state index contributed by atoms with van der Waals surface area (Å²) in [6, 6.07) is 7.41. The Balaban J connectivity index is 1.40. The third kappa shape index (κ3) is 5.66. The second kappa shape index (κ2) is 10.3. The highest BCUT2D eigenvalue weighted by Crippen LogP contribution is 2.26. The molecule has 1 saturated heterocycles. The van der Waals surface area contributed by atoms with Gasteiger partial charge in [-0.3, -0.25) is 9.59 Å². The SMILES string of the molecule is Cc1oc(-c2cccc(NC(=O)C3CCOCC3)c2)nc1CNC(=O)c1csc(C(C)C)n1. The molecular formula is C24H28N4O4S. The van der Waals surface area contributed by atoms with Crippen molar-refractivity contribution >= 4 is 28.8 Å². The Morgan fingerprint density at radius 1 is 1.21 bits per heavy atom. The van der Waals surface area contributed by atoms with Crippen LogP contribution in [0.1, 0.15) is 59.6 Å². The first-order valence-electron chi connectivity index (χ1n) is 11.1. The van der Waals surface area contributed by atoms with Gasteiger partial charge in [-0.1, -0.05) is 19.9 Å². The predicted molar refractivity (Wildman–Crippen MR) is 126 cm³/mol. The molecule has 0 unspecified atom stereocenters. The van der Waals surface area contributed by atoms with Crippen LogP contribution < -0.4 is 10.6 Å². The van der Waals surface area contributed by atoms with Crippen LogP contribution in [0, 0.1) is 12.8 Å². The highest BCUT2D eigenvalue weighted by Gasteiger charge is 2.22. The van der Waals surface area contributed by atoms with E-state index in [9.17, 15) is 9.59 Å². The van der Waals surface area contributed by atoms with Crippen LogP contribution in [-0.4, -0.2) is 35.0 Å². The van der Waals surface area contributed by atoms with Gasteiger partial charge in [-0.2, -0.15) is 0 Å². The Bertz CT molecular complexity index is 1130. The summed E-state index contributed by atoms with van der Waals surface area (Å²) >= 11 is 1.48. The van der Waals surface area contributed by atoms with Gasteiger partial charge in [0.05, 0.1) is 11.6 Å². The summed E-state index contributed by atoms with van der Waals surface area (Å²) in [4.78, 5) is 33.9. The molecule has 3 aromatic rings. The van der Waals surface area contributed by atoms with Gasteiger partial charge >= 0.3 is 0 Å². The molecule has 3 heterocycles. The molecule has 0 atom stereocenters. The van der Waals surface area contributed by atoms with Crippen molar-refractivity contribution in [2.75, 3.05) is 18.5 Å². The molecular weight excluding hydrogens is 440 g/mol. The first-order chi connectivity index (χ1) is 15.9. The molecule has 0 radical (unpaired) electrons. The molecule has 1 fully saturated rings. The van der Waals surface area contributed by atoms with E-state index in [0.29, 0.717) is 41.9 Å². The van der Waals surface area contributed by atoms with Crippen LogP contribution in [0.25, 0.3) is 11.5 Å². The molecule has 2 aromatic heterocycles. The normalized spacial score (nSPS) is 14.4. The molecule has 8 nitrogen and oxygen atoms in total. The van der Waals surface area contributed by atoms with E-state index in [4.69, 9.17) is 9.15 Å². The number of amides is 2. The average molecular weight is 469 g/mol. The number of oxazole rings is 1. The standard InChI is InChI=1S/C24H28N4O4S/c1-14(2)24-28-20(13-33-24)22(30)25-12-19-15(3)32-23(27-19)17-5-4-6-18(11-17)26-21(29)16-7-9-31-10-8-16/h4-6,11,13-14,16H,7-10,12H2,1-3H3,(H,25,30)(H,26,29). The Morgan fingerprint density at radius 3 is 2.73 bits per heavy atom. The van der Waals surface area contributed by atoms with Gasteiger partial charge in [0.25, 0.3) is 5.91 Å². The molecule has 2 amide bonds. The van der Waals surface area contributed by atoms with E-state index < -0.39 is 0 Å². The molecule has 0 saturated carbocycles. The second-order valence-corrected chi connectivity index (χ2v) is 9.28. The molecule has 0 aliphatic carbocycles. The largest absolute Gasteiger partial charge is 0.441 e. The number of aryl methyl sites for hydroxylation is 1. The fourth-order valence-corrected chi connectivity index (χ4v) is 4.38. The van der Waals surface area contributed by atoms with Gasteiger partial charge in [-0.25, -0.2) is 9.97 Å². The number of thiazole rings is 1. The molecule has 9 heteroatoms. The zero-order valence-electron chi connectivity index (χ0n) is 19.0. The number of aromatic nitrogens is 2. The monoisotopic (exact) mass is 468 g/mol. The minimum atomic E-state index is -0.236. The summed E-state index contributed by atoms with van der Waals surface area (Å²) in [5, 5.41) is 8.55. The molecule has 174 valence electrons. The Morgan fingerprint density at radius 2 is 2.00 bits per heavy atom. The topological polar surface area (TPSA) is 106 Å². The lowest BCUT2D eigenvalue weighted by molar-refractivity contribution is -0.122. The van der Waals surface area contributed by atoms with Crippen molar-refractivity contribution < 1.29 is 18.7 Å². The highest BCUT2D eigenvalue weighted by molar-refractivity contribution is 7.09. The summed E-state index contributed by atoms with van der Waals surface area (Å²) in [6.07, 6.45) is 1.47. The number of nitrogens with one attached hydrogen (secondary N) is 2. The van der Waals surface area contributed by atoms with Crippen LogP contribution in [0.4, 0.5) is 5.69 Å². The number of benzene rings is 1. The van der Waals surface area contributed by atoms with Gasteiger partial charge < -0.3 is 19.8 Å². The first-order valence-corrected chi connectivity index (χ1v) is 12.0. The summed E-state index contributed by atoms with van der Waals surface area (Å²) in [6.45, 7) is 7.39. The van der Waals surface area contributed by atoms with Crippen LogP contribution >= 0.6 is 11.3 Å². The minimum absolute atomic E-state index is 0.00472. The molecule has 0 spiro atoms. The Kier molecular flexibility index (Phi) is 7.20. The van der Waals surface area contributed by atoms with Crippen LogP contribution in [0.3, 0.4) is 0 Å². The number of carbonyl (C=O) groups is 2. The molecule has 4 rings (SSSR count). The van der Waals surface area contributed by atoms with Crippen molar-refractivity contribution in [1.29, 1.82) is 0 Å². The van der Waals surface area contributed by atoms with Crippen LogP contribution in [0.2, 0.25) is 0 Å². The number of hydrogen-bond acceptors (Lipinski definition) is 7. The van der Waals surface area contributed by atoms with Crippen LogP contribution in [0.5, 0.6) is 0 Å². The zero-order valence-corrected chi connectivity index (χ0v) is 19.8. The van der Waals surface area contributed by atoms with Crippen molar-refractivity contribution in [3.8, 4) is 11.5 Å². The molecule has 1 aliphatic heterocycles. The van der Waals surface area contributed by atoms with Gasteiger partial charge in [0.1, 0.15) is 17.1 Å². The van der Waals surface area contributed by atoms with Gasteiger partial charge in [0.2, 0.25) is 11.8 Å². The molecule has 1 aromatic carbocycles. The summed E-state index contributed by atoms with van der Waals surface area (Å²) in [7, 11) is 0.